The molecule has 2 N–H and O–H groups in total. The van der Waals surface area contributed by atoms with Gasteiger partial charge in [-0.2, -0.15) is 0 Å². The standard InChI is InChI=1S/C22H33FN4O3/c1-3-5-13-28-15-16-29-14-12-26-22(24-4-2)25-11-10-20-17-30-21(27-20)18-6-8-19(23)9-7-18/h6-9,17H,3-5,10-16H2,1-2H3,(H2,24,25,26). The smallest absolute Gasteiger partial charge is 0.226 e. The Morgan fingerprint density at radius 2 is 1.83 bits per heavy atom. The molecule has 2 aromatic rings. The number of benzene rings is 1. The molecule has 7 nitrogen and oxygen atoms in total. The van der Waals surface area contributed by atoms with Gasteiger partial charge in [-0.15, -0.1) is 0 Å². The zero-order chi connectivity index (χ0) is 21.4. The average Bonchev–Trinajstić information content (AvgIpc) is 3.22. The van der Waals surface area contributed by atoms with E-state index < -0.39 is 0 Å². The first-order valence-electron chi connectivity index (χ1n) is 10.6. The monoisotopic (exact) mass is 420 g/mol. The predicted octanol–water partition coefficient (Wildman–Crippen LogP) is 3.41. The first kappa shape index (κ1) is 23.8. The van der Waals surface area contributed by atoms with Gasteiger partial charge in [-0.25, -0.2) is 9.37 Å². The molecule has 1 heterocycles. The minimum Gasteiger partial charge on any atom is -0.444 e. The summed E-state index contributed by atoms with van der Waals surface area (Å²) >= 11 is 0. The lowest BCUT2D eigenvalue weighted by atomic mass is 10.2. The molecule has 0 bridgehead atoms. The summed E-state index contributed by atoms with van der Waals surface area (Å²) in [7, 11) is 0. The number of ether oxygens (including phenoxy) is 2. The SMILES string of the molecule is CCCCOCCOCCN=C(NCC)NCCc1coc(-c2ccc(F)cc2)n1. The second-order valence-corrected chi connectivity index (χ2v) is 6.67. The first-order chi connectivity index (χ1) is 14.7. The second kappa shape index (κ2) is 14.5. The second-order valence-electron chi connectivity index (χ2n) is 6.67. The molecule has 0 radical (unpaired) electrons. The number of aliphatic imine (C=N–C) groups is 1. The predicted molar refractivity (Wildman–Crippen MR) is 116 cm³/mol. The number of nitrogens with zero attached hydrogens (tertiary/aromatic N) is 2. The largest absolute Gasteiger partial charge is 0.444 e. The van der Waals surface area contributed by atoms with E-state index in [1.54, 1.807) is 18.4 Å². The van der Waals surface area contributed by atoms with E-state index in [0.29, 0.717) is 45.2 Å². The Kier molecular flexibility index (Phi) is 11.5. The van der Waals surface area contributed by atoms with Crippen molar-refractivity contribution in [2.45, 2.75) is 33.1 Å². The Balaban J connectivity index is 1.66. The fraction of sp³-hybridized carbons (Fsp3) is 0.545. The van der Waals surface area contributed by atoms with Crippen LogP contribution in [-0.4, -0.2) is 57.0 Å². The van der Waals surface area contributed by atoms with E-state index in [-0.39, 0.29) is 5.82 Å². The van der Waals surface area contributed by atoms with Crippen LogP contribution in [0, 0.1) is 5.82 Å². The molecule has 0 aliphatic heterocycles. The topological polar surface area (TPSA) is 80.9 Å². The van der Waals surface area contributed by atoms with Crippen molar-refractivity contribution in [1.82, 2.24) is 15.6 Å². The summed E-state index contributed by atoms with van der Waals surface area (Å²) in [6.45, 7) is 8.73. The number of nitrogens with one attached hydrogen (secondary N) is 2. The molecule has 0 aliphatic carbocycles. The first-order valence-corrected chi connectivity index (χ1v) is 10.6. The molecular weight excluding hydrogens is 387 g/mol. The van der Waals surface area contributed by atoms with Crippen LogP contribution in [-0.2, 0) is 15.9 Å². The molecule has 1 aromatic carbocycles. The fourth-order valence-corrected chi connectivity index (χ4v) is 2.59. The van der Waals surface area contributed by atoms with Crippen LogP contribution in [0.5, 0.6) is 0 Å². The lowest BCUT2D eigenvalue weighted by molar-refractivity contribution is 0.0497. The third-order valence-corrected chi connectivity index (χ3v) is 4.18. The van der Waals surface area contributed by atoms with E-state index in [1.165, 1.54) is 12.1 Å². The van der Waals surface area contributed by atoms with Crippen LogP contribution in [0.3, 0.4) is 0 Å². The maximum absolute atomic E-state index is 13.0. The third-order valence-electron chi connectivity index (χ3n) is 4.18. The summed E-state index contributed by atoms with van der Waals surface area (Å²) < 4.78 is 29.5. The van der Waals surface area contributed by atoms with Crippen molar-refractivity contribution in [2.75, 3.05) is 46.1 Å². The molecular formula is C22H33FN4O3. The molecule has 1 aromatic heterocycles. The molecule has 0 aliphatic rings. The maximum atomic E-state index is 13.0. The summed E-state index contributed by atoms with van der Waals surface area (Å²) in [5.41, 5.74) is 1.57. The average molecular weight is 421 g/mol. The Morgan fingerprint density at radius 1 is 1.07 bits per heavy atom. The fourth-order valence-electron chi connectivity index (χ4n) is 2.59. The highest BCUT2D eigenvalue weighted by molar-refractivity contribution is 5.79. The molecule has 0 saturated heterocycles. The van der Waals surface area contributed by atoms with Gasteiger partial charge in [0.1, 0.15) is 12.1 Å². The van der Waals surface area contributed by atoms with Crippen molar-refractivity contribution in [2.24, 2.45) is 4.99 Å². The Morgan fingerprint density at radius 3 is 2.57 bits per heavy atom. The van der Waals surface area contributed by atoms with Gasteiger partial charge in [0.2, 0.25) is 5.89 Å². The van der Waals surface area contributed by atoms with Crippen molar-refractivity contribution >= 4 is 5.96 Å². The number of halogens is 1. The van der Waals surface area contributed by atoms with Gasteiger partial charge in [-0.05, 0) is 37.6 Å². The van der Waals surface area contributed by atoms with Crippen molar-refractivity contribution in [3.63, 3.8) is 0 Å². The van der Waals surface area contributed by atoms with Crippen LogP contribution in [0.25, 0.3) is 11.5 Å². The zero-order valence-corrected chi connectivity index (χ0v) is 18.0. The number of oxazole rings is 1. The van der Waals surface area contributed by atoms with Crippen molar-refractivity contribution in [3.05, 3.63) is 42.0 Å². The van der Waals surface area contributed by atoms with Crippen LogP contribution in [0.2, 0.25) is 0 Å². The number of guanidine groups is 1. The Hall–Kier alpha value is -2.45. The van der Waals surface area contributed by atoms with Gasteiger partial charge in [0.25, 0.3) is 0 Å². The van der Waals surface area contributed by atoms with Gasteiger partial charge in [-0.3, -0.25) is 4.99 Å². The number of rotatable bonds is 14. The Labute approximate surface area is 178 Å². The molecule has 0 spiro atoms. The minimum atomic E-state index is -0.282. The molecule has 0 saturated carbocycles. The molecule has 166 valence electrons. The molecule has 2 rings (SSSR count). The number of hydrogen-bond acceptors (Lipinski definition) is 5. The third kappa shape index (κ3) is 9.37. The van der Waals surface area contributed by atoms with Crippen LogP contribution in [0.1, 0.15) is 32.4 Å². The van der Waals surface area contributed by atoms with E-state index >= 15 is 0 Å². The molecule has 30 heavy (non-hydrogen) atoms. The summed E-state index contributed by atoms with van der Waals surface area (Å²) in [6.07, 6.45) is 4.54. The molecule has 8 heteroatoms. The molecule has 0 atom stereocenters. The highest BCUT2D eigenvalue weighted by Crippen LogP contribution is 2.18. The van der Waals surface area contributed by atoms with Gasteiger partial charge in [-0.1, -0.05) is 13.3 Å². The quantitative estimate of drug-likeness (QED) is 0.277. The zero-order valence-electron chi connectivity index (χ0n) is 18.0. The number of aromatic nitrogens is 1. The summed E-state index contributed by atoms with van der Waals surface area (Å²) in [5, 5.41) is 6.49. The highest BCUT2D eigenvalue weighted by atomic mass is 19.1. The molecule has 0 unspecified atom stereocenters. The van der Waals surface area contributed by atoms with E-state index in [0.717, 1.165) is 43.2 Å². The van der Waals surface area contributed by atoms with Crippen LogP contribution >= 0.6 is 0 Å². The van der Waals surface area contributed by atoms with Gasteiger partial charge in [0.05, 0.1) is 32.1 Å². The maximum Gasteiger partial charge on any atom is 0.226 e. The lowest BCUT2D eigenvalue weighted by Gasteiger charge is -2.10. The number of hydrogen-bond donors (Lipinski definition) is 2. The summed E-state index contributed by atoms with van der Waals surface area (Å²) in [6, 6.07) is 6.09. The highest BCUT2D eigenvalue weighted by Gasteiger charge is 2.07. The van der Waals surface area contributed by atoms with Gasteiger partial charge < -0.3 is 24.5 Å². The summed E-state index contributed by atoms with van der Waals surface area (Å²) in [5.74, 6) is 0.944. The normalized spacial score (nSPS) is 11.6. The van der Waals surface area contributed by atoms with Crippen molar-refractivity contribution in [3.8, 4) is 11.5 Å². The van der Waals surface area contributed by atoms with Crippen molar-refractivity contribution < 1.29 is 18.3 Å². The van der Waals surface area contributed by atoms with E-state index in [1.807, 2.05) is 6.92 Å². The molecule has 0 fully saturated rings. The van der Waals surface area contributed by atoms with Crippen LogP contribution in [0.15, 0.2) is 39.9 Å². The van der Waals surface area contributed by atoms with E-state index in [9.17, 15) is 4.39 Å². The van der Waals surface area contributed by atoms with E-state index in [4.69, 9.17) is 13.9 Å². The minimum absolute atomic E-state index is 0.282. The van der Waals surface area contributed by atoms with Crippen LogP contribution in [0.4, 0.5) is 4.39 Å². The van der Waals surface area contributed by atoms with Crippen LogP contribution < -0.4 is 10.6 Å². The number of unbranched alkanes of at least 4 members (excludes halogenated alkanes) is 1. The summed E-state index contributed by atoms with van der Waals surface area (Å²) in [4.78, 5) is 8.96. The molecule has 0 amide bonds. The van der Waals surface area contributed by atoms with Gasteiger partial charge in [0, 0.05) is 31.7 Å². The van der Waals surface area contributed by atoms with E-state index in [2.05, 4.69) is 27.5 Å². The Bertz CT molecular complexity index is 734. The van der Waals surface area contributed by atoms with Crippen molar-refractivity contribution in [1.29, 1.82) is 0 Å². The van der Waals surface area contributed by atoms with Gasteiger partial charge in [0.15, 0.2) is 5.96 Å². The lowest BCUT2D eigenvalue weighted by Crippen LogP contribution is -2.38. The van der Waals surface area contributed by atoms with Gasteiger partial charge >= 0.3 is 0 Å².